The molecule has 0 aromatic heterocycles. The Hall–Kier alpha value is -0.610. The van der Waals surface area contributed by atoms with Crippen LogP contribution in [0.25, 0.3) is 0 Å². The number of nitrogens with two attached hydrogens (primary N) is 1. The van der Waals surface area contributed by atoms with Gasteiger partial charge < -0.3 is 15.4 Å². The lowest BCUT2D eigenvalue weighted by Gasteiger charge is -2.33. The van der Waals surface area contributed by atoms with Gasteiger partial charge >= 0.3 is 0 Å². The van der Waals surface area contributed by atoms with E-state index < -0.39 is 0 Å². The molecule has 0 aliphatic carbocycles. The van der Waals surface area contributed by atoms with E-state index in [-0.39, 0.29) is 12.1 Å². The highest BCUT2D eigenvalue weighted by atomic mass is 35.5. The van der Waals surface area contributed by atoms with Gasteiger partial charge in [0.25, 0.3) is 0 Å². The quantitative estimate of drug-likeness (QED) is 0.889. The molecular weight excluding hydrogens is 236 g/mol. The van der Waals surface area contributed by atoms with Crippen LogP contribution in [0.2, 0.25) is 5.02 Å². The number of hydrogen-bond acceptors (Lipinski definition) is 3. The lowest BCUT2D eigenvalue weighted by Crippen LogP contribution is -2.50. The third-order valence-corrected chi connectivity index (χ3v) is 3.37. The second-order valence-corrected chi connectivity index (χ2v) is 5.11. The van der Waals surface area contributed by atoms with Crippen LogP contribution >= 0.6 is 11.6 Å². The minimum Gasteiger partial charge on any atom is -0.374 e. The Morgan fingerprint density at radius 1 is 1.59 bits per heavy atom. The van der Waals surface area contributed by atoms with Crippen LogP contribution in [0.3, 0.4) is 0 Å². The number of morpholine rings is 1. The Bertz CT molecular complexity index is 372. The smallest absolute Gasteiger partial charge is 0.0856 e. The van der Waals surface area contributed by atoms with Crippen LogP contribution in [-0.4, -0.2) is 43.8 Å². The van der Waals surface area contributed by atoms with Gasteiger partial charge in [-0.05, 0) is 31.2 Å². The molecule has 1 aromatic carbocycles. The van der Waals surface area contributed by atoms with E-state index in [4.69, 9.17) is 22.1 Å². The molecule has 1 saturated heterocycles. The molecule has 94 valence electrons. The molecule has 17 heavy (non-hydrogen) atoms. The zero-order chi connectivity index (χ0) is 12.3. The van der Waals surface area contributed by atoms with Gasteiger partial charge in [-0.15, -0.1) is 0 Å². The molecule has 1 aliphatic rings. The molecule has 0 bridgehead atoms. The van der Waals surface area contributed by atoms with Gasteiger partial charge in [0, 0.05) is 24.2 Å². The number of likely N-dealkylation sites (N-methyl/N-ethyl adjacent to an activating group) is 1. The molecule has 4 heteroatoms. The van der Waals surface area contributed by atoms with Crippen LogP contribution < -0.4 is 5.73 Å². The van der Waals surface area contributed by atoms with Crippen molar-refractivity contribution in [3.8, 4) is 0 Å². The Balaban J connectivity index is 1.94. The summed E-state index contributed by atoms with van der Waals surface area (Å²) in [5, 5.41) is 0.761. The highest BCUT2D eigenvalue weighted by Gasteiger charge is 2.24. The molecule has 2 atom stereocenters. The van der Waals surface area contributed by atoms with Crippen molar-refractivity contribution in [2.75, 3.05) is 26.7 Å². The van der Waals surface area contributed by atoms with E-state index in [2.05, 4.69) is 18.0 Å². The SMILES string of the molecule is CN1CCOC(C(N)Cc2cccc(Cl)c2)C1. The summed E-state index contributed by atoms with van der Waals surface area (Å²) in [5.41, 5.74) is 7.37. The minimum atomic E-state index is 0.0243. The molecule has 1 aliphatic heterocycles. The Morgan fingerprint density at radius 3 is 3.12 bits per heavy atom. The number of rotatable bonds is 3. The molecular formula is C13H19ClN2O. The average Bonchev–Trinajstić information content (AvgIpc) is 2.29. The molecule has 1 fully saturated rings. The Labute approximate surface area is 107 Å². The molecule has 1 aromatic rings. The fourth-order valence-corrected chi connectivity index (χ4v) is 2.35. The number of ether oxygens (including phenoxy) is 1. The molecule has 0 spiro atoms. The fourth-order valence-electron chi connectivity index (χ4n) is 2.14. The summed E-state index contributed by atoms with van der Waals surface area (Å²) < 4.78 is 5.71. The normalized spacial score (nSPS) is 23.6. The zero-order valence-corrected chi connectivity index (χ0v) is 10.9. The summed E-state index contributed by atoms with van der Waals surface area (Å²) >= 11 is 5.96. The van der Waals surface area contributed by atoms with E-state index >= 15 is 0 Å². The van der Waals surface area contributed by atoms with Crippen molar-refractivity contribution in [2.24, 2.45) is 5.73 Å². The number of hydrogen-bond donors (Lipinski definition) is 1. The third kappa shape index (κ3) is 3.68. The van der Waals surface area contributed by atoms with Gasteiger partial charge in [0.1, 0.15) is 0 Å². The van der Waals surface area contributed by atoms with Gasteiger partial charge in [-0.25, -0.2) is 0 Å². The lowest BCUT2D eigenvalue weighted by atomic mass is 10.0. The van der Waals surface area contributed by atoms with E-state index in [1.165, 1.54) is 5.56 Å². The van der Waals surface area contributed by atoms with E-state index in [0.717, 1.165) is 31.1 Å². The first-order chi connectivity index (χ1) is 8.15. The molecule has 0 radical (unpaired) electrons. The largest absolute Gasteiger partial charge is 0.374 e. The molecule has 3 nitrogen and oxygen atoms in total. The minimum absolute atomic E-state index is 0.0243. The van der Waals surface area contributed by atoms with Crippen LogP contribution in [0.4, 0.5) is 0 Å². The number of nitrogens with zero attached hydrogens (tertiary/aromatic N) is 1. The van der Waals surface area contributed by atoms with Crippen molar-refractivity contribution in [3.63, 3.8) is 0 Å². The van der Waals surface area contributed by atoms with Gasteiger partial charge in [0.05, 0.1) is 12.7 Å². The van der Waals surface area contributed by atoms with E-state index in [0.29, 0.717) is 0 Å². The fraction of sp³-hybridized carbons (Fsp3) is 0.538. The molecule has 0 saturated carbocycles. The van der Waals surface area contributed by atoms with E-state index in [1.807, 2.05) is 18.2 Å². The zero-order valence-electron chi connectivity index (χ0n) is 10.1. The summed E-state index contributed by atoms with van der Waals surface area (Å²) in [4.78, 5) is 2.26. The summed E-state index contributed by atoms with van der Waals surface area (Å²) in [6.45, 7) is 2.66. The van der Waals surface area contributed by atoms with Crippen molar-refractivity contribution < 1.29 is 4.74 Å². The van der Waals surface area contributed by atoms with Gasteiger partial charge in [-0.3, -0.25) is 0 Å². The molecule has 1 heterocycles. The molecule has 2 unspecified atom stereocenters. The van der Waals surface area contributed by atoms with Gasteiger partial charge in [0.15, 0.2) is 0 Å². The summed E-state index contributed by atoms with van der Waals surface area (Å²) in [5.74, 6) is 0. The van der Waals surface area contributed by atoms with Crippen LogP contribution in [0.1, 0.15) is 5.56 Å². The maximum absolute atomic E-state index is 6.20. The summed E-state index contributed by atoms with van der Waals surface area (Å²) in [6, 6.07) is 7.88. The summed E-state index contributed by atoms with van der Waals surface area (Å²) in [6.07, 6.45) is 0.923. The van der Waals surface area contributed by atoms with Crippen molar-refractivity contribution in [3.05, 3.63) is 34.9 Å². The first kappa shape index (κ1) is 12.8. The highest BCUT2D eigenvalue weighted by molar-refractivity contribution is 6.30. The average molecular weight is 255 g/mol. The highest BCUT2D eigenvalue weighted by Crippen LogP contribution is 2.15. The van der Waals surface area contributed by atoms with Crippen LogP contribution in [0.15, 0.2) is 24.3 Å². The van der Waals surface area contributed by atoms with E-state index in [9.17, 15) is 0 Å². The van der Waals surface area contributed by atoms with Gasteiger partial charge in [-0.1, -0.05) is 23.7 Å². The lowest BCUT2D eigenvalue weighted by molar-refractivity contribution is -0.0319. The molecule has 2 rings (SSSR count). The monoisotopic (exact) mass is 254 g/mol. The topological polar surface area (TPSA) is 38.5 Å². The maximum Gasteiger partial charge on any atom is 0.0856 e. The number of benzene rings is 1. The van der Waals surface area contributed by atoms with Crippen LogP contribution in [0, 0.1) is 0 Å². The van der Waals surface area contributed by atoms with Crippen molar-refractivity contribution in [2.45, 2.75) is 18.6 Å². The standard InChI is InChI=1S/C13H19ClN2O/c1-16-5-6-17-13(9-16)12(15)8-10-3-2-4-11(14)7-10/h2-4,7,12-13H,5-6,8-9,15H2,1H3. The van der Waals surface area contributed by atoms with Crippen molar-refractivity contribution >= 4 is 11.6 Å². The summed E-state index contributed by atoms with van der Waals surface area (Å²) in [7, 11) is 2.10. The van der Waals surface area contributed by atoms with E-state index in [1.54, 1.807) is 0 Å². The van der Waals surface area contributed by atoms with Crippen LogP contribution in [-0.2, 0) is 11.2 Å². The maximum atomic E-state index is 6.20. The second kappa shape index (κ2) is 5.83. The Kier molecular flexibility index (Phi) is 4.40. The molecule has 2 N–H and O–H groups in total. The van der Waals surface area contributed by atoms with Gasteiger partial charge in [0.2, 0.25) is 0 Å². The predicted molar refractivity (Wildman–Crippen MR) is 70.4 cm³/mol. The number of halogens is 1. The first-order valence-electron chi connectivity index (χ1n) is 5.95. The van der Waals surface area contributed by atoms with Gasteiger partial charge in [-0.2, -0.15) is 0 Å². The first-order valence-corrected chi connectivity index (χ1v) is 6.33. The van der Waals surface area contributed by atoms with Crippen LogP contribution in [0.5, 0.6) is 0 Å². The second-order valence-electron chi connectivity index (χ2n) is 4.67. The Morgan fingerprint density at radius 2 is 2.41 bits per heavy atom. The predicted octanol–water partition coefficient (Wildman–Crippen LogP) is 1.54. The molecule has 0 amide bonds. The van der Waals surface area contributed by atoms with Crippen molar-refractivity contribution in [1.29, 1.82) is 0 Å². The van der Waals surface area contributed by atoms with Crippen molar-refractivity contribution in [1.82, 2.24) is 4.90 Å². The third-order valence-electron chi connectivity index (χ3n) is 3.13.